The smallest absolute Gasteiger partial charge is 0.231 e. The third-order valence-corrected chi connectivity index (χ3v) is 2.33. The van der Waals surface area contributed by atoms with Crippen molar-refractivity contribution < 1.29 is 14.4 Å². The van der Waals surface area contributed by atoms with Gasteiger partial charge in [-0.05, 0) is 31.5 Å². The van der Waals surface area contributed by atoms with Crippen LogP contribution in [0.2, 0.25) is 0 Å². The standard InChI is InChI=1S/C13H16N2O3/c1-8(16)7-13(18)15-12-6-4-5-11(9(12)2)14-10(3)17/h4-6H,7H2,1-3H3,(H,14,17)(H,15,18). The number of amides is 2. The summed E-state index contributed by atoms with van der Waals surface area (Å²) in [5, 5.41) is 5.31. The minimum absolute atomic E-state index is 0.149. The van der Waals surface area contributed by atoms with Crippen LogP contribution < -0.4 is 10.6 Å². The molecule has 0 aromatic heterocycles. The Bertz CT molecular complexity index is 495. The summed E-state index contributed by atoms with van der Waals surface area (Å²) in [5.74, 6) is -0.723. The summed E-state index contributed by atoms with van der Waals surface area (Å²) in [6, 6.07) is 5.19. The lowest BCUT2D eigenvalue weighted by Crippen LogP contribution is -2.16. The third-order valence-electron chi connectivity index (χ3n) is 2.33. The van der Waals surface area contributed by atoms with Gasteiger partial charge in [-0.15, -0.1) is 0 Å². The summed E-state index contributed by atoms with van der Waals surface area (Å²) in [4.78, 5) is 33.3. The van der Waals surface area contributed by atoms with Crippen molar-refractivity contribution in [3.63, 3.8) is 0 Å². The lowest BCUT2D eigenvalue weighted by molar-refractivity contribution is -0.124. The highest BCUT2D eigenvalue weighted by atomic mass is 16.2. The van der Waals surface area contributed by atoms with E-state index in [1.54, 1.807) is 25.1 Å². The molecule has 0 aliphatic carbocycles. The molecule has 0 bridgehead atoms. The molecule has 5 heteroatoms. The average Bonchev–Trinajstić information content (AvgIpc) is 2.22. The topological polar surface area (TPSA) is 75.3 Å². The molecule has 0 unspecified atom stereocenters. The Morgan fingerprint density at radius 1 is 1.06 bits per heavy atom. The van der Waals surface area contributed by atoms with Crippen LogP contribution in [0.15, 0.2) is 18.2 Å². The zero-order valence-electron chi connectivity index (χ0n) is 10.7. The van der Waals surface area contributed by atoms with Crippen molar-refractivity contribution in [2.24, 2.45) is 0 Å². The van der Waals surface area contributed by atoms with Crippen molar-refractivity contribution >= 4 is 29.0 Å². The van der Waals surface area contributed by atoms with Crippen LogP contribution in [-0.4, -0.2) is 17.6 Å². The molecule has 0 saturated carbocycles. The Hall–Kier alpha value is -2.17. The minimum atomic E-state index is -0.356. The van der Waals surface area contributed by atoms with Gasteiger partial charge in [-0.25, -0.2) is 0 Å². The number of hydrogen-bond acceptors (Lipinski definition) is 3. The molecular weight excluding hydrogens is 232 g/mol. The van der Waals surface area contributed by atoms with E-state index in [0.29, 0.717) is 11.4 Å². The van der Waals surface area contributed by atoms with Crippen LogP contribution >= 0.6 is 0 Å². The van der Waals surface area contributed by atoms with Crippen LogP contribution in [0.5, 0.6) is 0 Å². The molecule has 18 heavy (non-hydrogen) atoms. The second kappa shape index (κ2) is 5.95. The predicted octanol–water partition coefficient (Wildman–Crippen LogP) is 1.87. The Balaban J connectivity index is 2.86. The maximum atomic E-state index is 11.5. The summed E-state index contributed by atoms with van der Waals surface area (Å²) in [6.07, 6.45) is -0.149. The molecule has 0 spiro atoms. The summed E-state index contributed by atoms with van der Waals surface area (Å²) in [6.45, 7) is 4.56. The fourth-order valence-electron chi connectivity index (χ4n) is 1.52. The Morgan fingerprint density at radius 3 is 2.11 bits per heavy atom. The number of anilines is 2. The SMILES string of the molecule is CC(=O)CC(=O)Nc1cccc(NC(C)=O)c1C. The van der Waals surface area contributed by atoms with Gasteiger partial charge >= 0.3 is 0 Å². The van der Waals surface area contributed by atoms with E-state index in [0.717, 1.165) is 5.56 Å². The van der Waals surface area contributed by atoms with Crippen molar-refractivity contribution in [1.29, 1.82) is 0 Å². The first kappa shape index (κ1) is 13.9. The van der Waals surface area contributed by atoms with E-state index in [2.05, 4.69) is 10.6 Å². The highest BCUT2D eigenvalue weighted by Crippen LogP contribution is 2.23. The van der Waals surface area contributed by atoms with Crippen LogP contribution in [0.25, 0.3) is 0 Å². The van der Waals surface area contributed by atoms with Gasteiger partial charge in [0.15, 0.2) is 0 Å². The van der Waals surface area contributed by atoms with Gasteiger partial charge in [0.05, 0.1) is 6.42 Å². The van der Waals surface area contributed by atoms with Crippen molar-refractivity contribution in [3.8, 4) is 0 Å². The lowest BCUT2D eigenvalue weighted by Gasteiger charge is -2.12. The molecule has 0 aliphatic rings. The van der Waals surface area contributed by atoms with E-state index in [-0.39, 0.29) is 24.0 Å². The van der Waals surface area contributed by atoms with Gasteiger partial charge in [-0.1, -0.05) is 6.07 Å². The van der Waals surface area contributed by atoms with Crippen molar-refractivity contribution in [3.05, 3.63) is 23.8 Å². The maximum absolute atomic E-state index is 11.5. The molecule has 0 fully saturated rings. The Labute approximate surface area is 106 Å². The monoisotopic (exact) mass is 248 g/mol. The highest BCUT2D eigenvalue weighted by Gasteiger charge is 2.09. The Kier molecular flexibility index (Phi) is 4.59. The van der Waals surface area contributed by atoms with Gasteiger partial charge in [-0.2, -0.15) is 0 Å². The fraction of sp³-hybridized carbons (Fsp3) is 0.308. The van der Waals surface area contributed by atoms with Crippen molar-refractivity contribution in [2.45, 2.75) is 27.2 Å². The molecule has 0 saturated heterocycles. The molecular formula is C13H16N2O3. The zero-order chi connectivity index (χ0) is 13.7. The molecule has 1 aromatic rings. The molecule has 0 radical (unpaired) electrons. The van der Waals surface area contributed by atoms with Crippen LogP contribution in [0.3, 0.4) is 0 Å². The van der Waals surface area contributed by atoms with E-state index in [1.807, 2.05) is 0 Å². The van der Waals surface area contributed by atoms with Crippen LogP contribution in [0.4, 0.5) is 11.4 Å². The number of ketones is 1. The molecule has 0 heterocycles. The van der Waals surface area contributed by atoms with Crippen LogP contribution in [-0.2, 0) is 14.4 Å². The van der Waals surface area contributed by atoms with Gasteiger partial charge < -0.3 is 10.6 Å². The lowest BCUT2D eigenvalue weighted by atomic mass is 10.1. The average molecular weight is 248 g/mol. The first-order valence-corrected chi connectivity index (χ1v) is 5.56. The summed E-state index contributed by atoms with van der Waals surface area (Å²) in [5.41, 5.74) is 1.99. The maximum Gasteiger partial charge on any atom is 0.231 e. The number of hydrogen-bond donors (Lipinski definition) is 2. The predicted molar refractivity (Wildman–Crippen MR) is 69.4 cm³/mol. The van der Waals surface area contributed by atoms with Crippen molar-refractivity contribution in [2.75, 3.05) is 10.6 Å². The van der Waals surface area contributed by atoms with Crippen LogP contribution in [0.1, 0.15) is 25.8 Å². The number of rotatable bonds is 4. The van der Waals surface area contributed by atoms with Gasteiger partial charge in [-0.3, -0.25) is 14.4 Å². The van der Waals surface area contributed by atoms with E-state index in [4.69, 9.17) is 0 Å². The van der Waals surface area contributed by atoms with Gasteiger partial charge in [0.2, 0.25) is 11.8 Å². The van der Waals surface area contributed by atoms with Gasteiger partial charge in [0.25, 0.3) is 0 Å². The zero-order valence-corrected chi connectivity index (χ0v) is 10.7. The first-order chi connectivity index (χ1) is 8.40. The normalized spacial score (nSPS) is 9.72. The van der Waals surface area contributed by atoms with Gasteiger partial charge in [0, 0.05) is 18.3 Å². The molecule has 1 rings (SSSR count). The first-order valence-electron chi connectivity index (χ1n) is 5.56. The Morgan fingerprint density at radius 2 is 1.61 bits per heavy atom. The molecule has 0 atom stereocenters. The van der Waals surface area contributed by atoms with E-state index < -0.39 is 0 Å². The largest absolute Gasteiger partial charge is 0.326 e. The van der Waals surface area contributed by atoms with Crippen LogP contribution in [0, 0.1) is 6.92 Å². The number of benzene rings is 1. The molecule has 96 valence electrons. The number of carbonyl (C=O) groups excluding carboxylic acids is 3. The molecule has 2 amide bonds. The summed E-state index contributed by atoms with van der Waals surface area (Å²) < 4.78 is 0. The van der Waals surface area contributed by atoms with Gasteiger partial charge in [0.1, 0.15) is 5.78 Å². The number of Topliss-reactive ketones (excluding diaryl/α,β-unsaturated/α-hetero) is 1. The highest BCUT2D eigenvalue weighted by molar-refractivity contribution is 6.04. The fourth-order valence-corrected chi connectivity index (χ4v) is 1.52. The van der Waals surface area contributed by atoms with E-state index in [9.17, 15) is 14.4 Å². The minimum Gasteiger partial charge on any atom is -0.326 e. The molecule has 0 aliphatic heterocycles. The molecule has 1 aromatic carbocycles. The second-order valence-electron chi connectivity index (χ2n) is 4.09. The van der Waals surface area contributed by atoms with E-state index in [1.165, 1.54) is 13.8 Å². The third kappa shape index (κ3) is 4.01. The second-order valence-corrected chi connectivity index (χ2v) is 4.09. The van der Waals surface area contributed by atoms with E-state index >= 15 is 0 Å². The number of carbonyl (C=O) groups is 3. The molecule has 5 nitrogen and oxygen atoms in total. The number of nitrogens with one attached hydrogen (secondary N) is 2. The van der Waals surface area contributed by atoms with Crippen molar-refractivity contribution in [1.82, 2.24) is 0 Å². The summed E-state index contributed by atoms with van der Waals surface area (Å²) in [7, 11) is 0. The quantitative estimate of drug-likeness (QED) is 0.799. The summed E-state index contributed by atoms with van der Waals surface area (Å²) >= 11 is 0. The molecule has 2 N–H and O–H groups in total.